The first-order valence-electron chi connectivity index (χ1n) is 26.2. The van der Waals surface area contributed by atoms with Gasteiger partial charge in [-0.05, 0) is 135 Å². The van der Waals surface area contributed by atoms with Crippen LogP contribution in [0.1, 0.15) is 188 Å². The number of aromatic nitrogens is 4. The molecule has 2 aliphatic rings. The summed E-state index contributed by atoms with van der Waals surface area (Å²) >= 11 is 0. The van der Waals surface area contributed by atoms with Crippen LogP contribution in [0.2, 0.25) is 0 Å². The predicted octanol–water partition coefficient (Wildman–Crippen LogP) is 11.2. The van der Waals surface area contributed by atoms with Crippen molar-refractivity contribution in [1.29, 1.82) is 0 Å². The Hall–Kier alpha value is -7.88. The van der Waals surface area contributed by atoms with Gasteiger partial charge in [0.25, 0.3) is 23.6 Å². The lowest BCUT2D eigenvalue weighted by Crippen LogP contribution is -2.32. The number of carbonyl (C=O) groups is 4. The molecule has 77 heavy (non-hydrogen) atoms. The summed E-state index contributed by atoms with van der Waals surface area (Å²) in [7, 11) is 0. The van der Waals surface area contributed by atoms with Gasteiger partial charge in [0.15, 0.2) is 0 Å². The van der Waals surface area contributed by atoms with Crippen molar-refractivity contribution in [2.75, 3.05) is 36.2 Å². The van der Waals surface area contributed by atoms with Crippen LogP contribution in [0.15, 0.2) is 79.4 Å². The second kappa shape index (κ2) is 20.2. The number of rotatable bonds is 15. The van der Waals surface area contributed by atoms with Gasteiger partial charge in [-0.1, -0.05) is 104 Å². The number of nitrogens with zero attached hydrogens (tertiary/aromatic N) is 6. The number of hydrogen-bond donors (Lipinski definition) is 4. The molecular weight excluding hydrogens is 969 g/mol. The first kappa shape index (κ1) is 52.6. The summed E-state index contributed by atoms with van der Waals surface area (Å²) in [6.07, 6.45) is 5.68. The molecule has 0 atom stereocenters. The number of amides is 4. The van der Waals surface area contributed by atoms with E-state index in [1.54, 1.807) is 30.3 Å². The van der Waals surface area contributed by atoms with E-state index in [1.165, 1.54) is 9.80 Å². The number of fused-ring (bicyclic) bond motifs is 6. The fourth-order valence-corrected chi connectivity index (χ4v) is 10.8. The number of benzene rings is 6. The molecule has 0 fully saturated rings. The van der Waals surface area contributed by atoms with Gasteiger partial charge < -0.3 is 20.4 Å². The minimum atomic E-state index is -0.508. The fourth-order valence-electron chi connectivity index (χ4n) is 10.8. The van der Waals surface area contributed by atoms with E-state index >= 15 is 0 Å². The van der Waals surface area contributed by atoms with E-state index in [-0.39, 0.29) is 72.4 Å². The normalized spacial score (nSPS) is 14.0. The van der Waals surface area contributed by atoms with Crippen molar-refractivity contribution < 1.29 is 39.6 Å². The summed E-state index contributed by atoms with van der Waals surface area (Å²) in [6, 6.07) is 21.8. The van der Waals surface area contributed by atoms with Crippen molar-refractivity contribution in [3.63, 3.8) is 0 Å². The van der Waals surface area contributed by atoms with E-state index in [9.17, 15) is 39.6 Å². The lowest BCUT2D eigenvalue weighted by Gasteiger charge is -2.28. The summed E-state index contributed by atoms with van der Waals surface area (Å²) in [5.74, 6) is -3.20. The number of anilines is 2. The molecule has 0 saturated carbocycles. The zero-order valence-corrected chi connectivity index (χ0v) is 44.8. The third-order valence-corrected chi connectivity index (χ3v) is 15.3. The molecule has 0 saturated heterocycles. The van der Waals surface area contributed by atoms with Crippen molar-refractivity contribution in [2.45, 2.75) is 97.8 Å². The highest BCUT2D eigenvalue weighted by Crippen LogP contribution is 2.44. The van der Waals surface area contributed by atoms with Crippen molar-refractivity contribution in [3.05, 3.63) is 157 Å². The second-order valence-electron chi connectivity index (χ2n) is 21.7. The monoisotopic (exact) mass is 1030 g/mol. The number of aryl methyl sites for hydroxylation is 1. The van der Waals surface area contributed by atoms with Crippen LogP contribution in [0.3, 0.4) is 0 Å². The SMILES string of the molecule is C=Cc1cc2nc3cc4c(cc3nc2cc1/C=C\c1cc2nc3cc5c(cc3nc2cc1C)C(=O)N(c1c(C(C)C)cc(C(CO)CO)cc1C(C)C)C5=O)C(=O)N(c1c(C(C)C)cc(C(CO)CO)cc1C(C)C)C4=O. The fraction of sp³-hybridized carbons (Fsp3) is 0.302. The molecule has 10 rings (SSSR count). The van der Waals surface area contributed by atoms with Gasteiger partial charge in [0.2, 0.25) is 0 Å². The molecule has 0 bridgehead atoms. The Morgan fingerprint density at radius 2 is 0.688 bits per heavy atom. The van der Waals surface area contributed by atoms with Gasteiger partial charge >= 0.3 is 0 Å². The summed E-state index contributed by atoms with van der Waals surface area (Å²) < 4.78 is 0. The molecule has 392 valence electrons. The molecule has 2 aromatic heterocycles. The lowest BCUT2D eigenvalue weighted by atomic mass is 9.86. The highest BCUT2D eigenvalue weighted by atomic mass is 16.3. The average Bonchev–Trinajstić information content (AvgIpc) is 3.92. The zero-order valence-electron chi connectivity index (χ0n) is 44.8. The highest BCUT2D eigenvalue weighted by Gasteiger charge is 2.42. The average molecular weight is 1030 g/mol. The van der Waals surface area contributed by atoms with Gasteiger partial charge in [-0.3, -0.25) is 19.2 Å². The number of carbonyl (C=O) groups excluding carboxylic acids is 4. The van der Waals surface area contributed by atoms with E-state index in [4.69, 9.17) is 19.9 Å². The van der Waals surface area contributed by atoms with Gasteiger partial charge in [0, 0.05) is 11.8 Å². The largest absolute Gasteiger partial charge is 0.396 e. The summed E-state index contributed by atoms with van der Waals surface area (Å²) in [5.41, 5.74) is 14.1. The third-order valence-electron chi connectivity index (χ3n) is 15.3. The summed E-state index contributed by atoms with van der Waals surface area (Å²) in [6.45, 7) is 21.0. The molecule has 4 amide bonds. The van der Waals surface area contributed by atoms with Crippen LogP contribution in [0.4, 0.5) is 11.4 Å². The van der Waals surface area contributed by atoms with Gasteiger partial charge in [0.05, 0.1) is 104 Å². The molecule has 14 heteroatoms. The van der Waals surface area contributed by atoms with Crippen LogP contribution in [-0.4, -0.2) is 90.4 Å². The molecule has 8 aromatic rings. The zero-order chi connectivity index (χ0) is 55.0. The molecule has 4 N–H and O–H groups in total. The van der Waals surface area contributed by atoms with Crippen LogP contribution in [0.5, 0.6) is 0 Å². The molecule has 14 nitrogen and oxygen atoms in total. The molecule has 0 radical (unpaired) electrons. The molecule has 4 heterocycles. The standard InChI is InChI=1S/C63H62N6O8/c1-11-35-19-51-53(67-57-25-49-48(24-56(57)65-51)62(76)69(63(49)77)59-44(32(6)7)17-39(41(28-72)29-73)18-45(59)33(8)9)21-37(35)13-12-36-20-52-50(14-34(36)10)64-54-22-46-47(23-55(54)66-52)61(75)68(60(46)74)58-42(30(2)3)15-38(40(26-70)27-71)16-43(58)31(4)5/h11-25,30-33,40-41,70-73H,1,26-29H2,2-10H3/b13-12-. The number of aliphatic hydroxyl groups excluding tert-OH is 4. The smallest absolute Gasteiger partial charge is 0.266 e. The first-order valence-corrected chi connectivity index (χ1v) is 26.2. The Bertz CT molecular complexity index is 3810. The second-order valence-corrected chi connectivity index (χ2v) is 21.7. The maximum absolute atomic E-state index is 14.5. The molecule has 2 aliphatic heterocycles. The maximum Gasteiger partial charge on any atom is 0.266 e. The topological polar surface area (TPSA) is 207 Å². The Balaban J connectivity index is 0.981. The van der Waals surface area contributed by atoms with E-state index in [0.717, 1.165) is 55.6 Å². The van der Waals surface area contributed by atoms with Gasteiger partial charge in [-0.15, -0.1) is 0 Å². The number of imide groups is 2. The first-order chi connectivity index (χ1) is 36.8. The molecule has 0 spiro atoms. The highest BCUT2D eigenvalue weighted by molar-refractivity contribution is 6.37. The molecule has 0 aliphatic carbocycles. The van der Waals surface area contributed by atoms with Crippen LogP contribution in [0, 0.1) is 6.92 Å². The summed E-state index contributed by atoms with van der Waals surface area (Å²) in [4.78, 5) is 80.1. The van der Waals surface area contributed by atoms with Crippen LogP contribution < -0.4 is 9.80 Å². The Morgan fingerprint density at radius 1 is 0.416 bits per heavy atom. The summed E-state index contributed by atoms with van der Waals surface area (Å²) in [5, 5.41) is 40.2. The number of hydrogen-bond acceptors (Lipinski definition) is 12. The quantitative estimate of drug-likeness (QED) is 0.0430. The van der Waals surface area contributed by atoms with Crippen molar-refractivity contribution in [3.8, 4) is 0 Å². The van der Waals surface area contributed by atoms with Gasteiger partial charge in [-0.2, -0.15) is 0 Å². The van der Waals surface area contributed by atoms with Crippen molar-refractivity contribution >= 4 is 97.4 Å². The lowest BCUT2D eigenvalue weighted by molar-refractivity contribution is 0.0909. The van der Waals surface area contributed by atoms with Crippen LogP contribution in [0.25, 0.3) is 62.4 Å². The van der Waals surface area contributed by atoms with Gasteiger partial charge in [-0.25, -0.2) is 29.7 Å². The predicted molar refractivity (Wildman–Crippen MR) is 303 cm³/mol. The van der Waals surface area contributed by atoms with Crippen molar-refractivity contribution in [2.24, 2.45) is 0 Å². The molecular formula is C63H62N6O8. The van der Waals surface area contributed by atoms with E-state index in [2.05, 4.69) is 6.58 Å². The van der Waals surface area contributed by atoms with Gasteiger partial charge in [0.1, 0.15) is 0 Å². The molecule has 6 aromatic carbocycles. The van der Waals surface area contributed by atoms with E-state index < -0.39 is 35.5 Å². The Morgan fingerprint density at radius 3 is 0.987 bits per heavy atom. The third kappa shape index (κ3) is 8.88. The van der Waals surface area contributed by atoms with E-state index in [0.29, 0.717) is 55.5 Å². The Kier molecular flexibility index (Phi) is 13.8. The minimum Gasteiger partial charge on any atom is -0.396 e. The minimum absolute atomic E-state index is 0.0887. The van der Waals surface area contributed by atoms with Crippen LogP contribution in [-0.2, 0) is 0 Å². The molecule has 0 unspecified atom stereocenters. The maximum atomic E-state index is 14.5. The number of aliphatic hydroxyl groups is 4. The Labute approximate surface area is 446 Å². The van der Waals surface area contributed by atoms with Crippen molar-refractivity contribution in [1.82, 2.24) is 19.9 Å². The van der Waals surface area contributed by atoms with E-state index in [1.807, 2.05) is 123 Å². The van der Waals surface area contributed by atoms with Crippen LogP contribution >= 0.6 is 0 Å².